The van der Waals surface area contributed by atoms with E-state index >= 15 is 0 Å². The van der Waals surface area contributed by atoms with Gasteiger partial charge in [-0.05, 0) is 49.4 Å². The first kappa shape index (κ1) is 23.6. The highest BCUT2D eigenvalue weighted by Gasteiger charge is 2.37. The molecule has 2 aromatic carbocycles. The molecule has 1 saturated heterocycles. The number of aromatic nitrogens is 2. The number of amides is 1. The van der Waals surface area contributed by atoms with Gasteiger partial charge in [-0.3, -0.25) is 9.59 Å². The summed E-state index contributed by atoms with van der Waals surface area (Å²) in [5.41, 5.74) is 9.93. The third-order valence-electron chi connectivity index (χ3n) is 7.94. The summed E-state index contributed by atoms with van der Waals surface area (Å²) >= 11 is 0. The van der Waals surface area contributed by atoms with Crippen LogP contribution in [-0.2, 0) is 17.8 Å². The topological polar surface area (TPSA) is 92.4 Å². The molecule has 1 aromatic heterocycles. The standard InChI is InChI=1S/C29H30FN5O2/c30-24-3-1-2-22(26(24)31)18-4-8-21(9-5-18)29(37)35-15-12-25-23(16-35)28(33-17-32-25)34-13-10-20(11-14-34)27(36)19-6-7-19/h1-5,8-9,17,19-20H,6-7,10-16,31H2. The average molecular weight is 500 g/mol. The Morgan fingerprint density at radius 3 is 2.38 bits per heavy atom. The quantitative estimate of drug-likeness (QED) is 0.528. The predicted molar refractivity (Wildman–Crippen MR) is 139 cm³/mol. The lowest BCUT2D eigenvalue weighted by atomic mass is 9.90. The summed E-state index contributed by atoms with van der Waals surface area (Å²) in [5, 5.41) is 0. The molecule has 2 fully saturated rings. The molecule has 1 amide bonds. The van der Waals surface area contributed by atoms with E-state index in [0.717, 1.165) is 61.4 Å². The van der Waals surface area contributed by atoms with E-state index < -0.39 is 5.82 Å². The van der Waals surface area contributed by atoms with Crippen LogP contribution in [0.4, 0.5) is 15.9 Å². The number of nitrogen functional groups attached to an aromatic ring is 1. The van der Waals surface area contributed by atoms with E-state index in [4.69, 9.17) is 5.73 Å². The maximum Gasteiger partial charge on any atom is 0.254 e. The number of hydrogen-bond donors (Lipinski definition) is 1. The second-order valence-electron chi connectivity index (χ2n) is 10.3. The van der Waals surface area contributed by atoms with Gasteiger partial charge in [0.1, 0.15) is 23.7 Å². The lowest BCUT2D eigenvalue weighted by Crippen LogP contribution is -2.41. The molecule has 8 heteroatoms. The lowest BCUT2D eigenvalue weighted by Gasteiger charge is -2.36. The first-order valence-corrected chi connectivity index (χ1v) is 13.0. The van der Waals surface area contributed by atoms with Crippen LogP contribution in [0.2, 0.25) is 0 Å². The van der Waals surface area contributed by atoms with Crippen molar-refractivity contribution in [1.29, 1.82) is 0 Å². The van der Waals surface area contributed by atoms with Crippen LogP contribution in [0.15, 0.2) is 48.8 Å². The third kappa shape index (κ3) is 4.56. The summed E-state index contributed by atoms with van der Waals surface area (Å²) < 4.78 is 13.9. The molecule has 190 valence electrons. The zero-order chi connectivity index (χ0) is 25.5. The van der Waals surface area contributed by atoms with Gasteiger partial charge in [0.15, 0.2) is 0 Å². The van der Waals surface area contributed by atoms with E-state index in [0.29, 0.717) is 42.3 Å². The van der Waals surface area contributed by atoms with Crippen LogP contribution in [0.3, 0.4) is 0 Å². The van der Waals surface area contributed by atoms with Crippen LogP contribution in [0.1, 0.15) is 47.3 Å². The van der Waals surface area contributed by atoms with Crippen molar-refractivity contribution >= 4 is 23.2 Å². The normalized spacial score (nSPS) is 18.0. The Morgan fingerprint density at radius 2 is 1.65 bits per heavy atom. The molecule has 0 unspecified atom stereocenters. The van der Waals surface area contributed by atoms with E-state index in [1.807, 2.05) is 4.90 Å². The van der Waals surface area contributed by atoms with Crippen LogP contribution >= 0.6 is 0 Å². The van der Waals surface area contributed by atoms with Crippen molar-refractivity contribution in [2.45, 2.75) is 38.6 Å². The van der Waals surface area contributed by atoms with Gasteiger partial charge in [-0.15, -0.1) is 0 Å². The SMILES string of the molecule is Nc1c(F)cccc1-c1ccc(C(=O)N2CCc3ncnc(N4CCC(C(=O)C5CC5)CC4)c3C2)cc1. The molecule has 2 aliphatic heterocycles. The lowest BCUT2D eigenvalue weighted by molar-refractivity contribution is -0.124. The summed E-state index contributed by atoms with van der Waals surface area (Å²) in [6, 6.07) is 11.9. The highest BCUT2D eigenvalue weighted by Crippen LogP contribution is 2.37. The number of carbonyl (C=O) groups is 2. The molecule has 1 saturated carbocycles. The monoisotopic (exact) mass is 499 g/mol. The fraction of sp³-hybridized carbons (Fsp3) is 0.379. The molecule has 7 nitrogen and oxygen atoms in total. The van der Waals surface area contributed by atoms with Gasteiger partial charge in [0, 0.05) is 54.6 Å². The Balaban J connectivity index is 1.17. The third-order valence-corrected chi connectivity index (χ3v) is 7.94. The number of halogens is 1. The van der Waals surface area contributed by atoms with Gasteiger partial charge in [-0.25, -0.2) is 14.4 Å². The Labute approximate surface area is 215 Å². The fourth-order valence-corrected chi connectivity index (χ4v) is 5.61. The van der Waals surface area contributed by atoms with Gasteiger partial charge in [-0.2, -0.15) is 0 Å². The Morgan fingerprint density at radius 1 is 0.919 bits per heavy atom. The number of fused-ring (bicyclic) bond motifs is 1. The maximum absolute atomic E-state index is 13.9. The number of Topliss-reactive ketones (excluding diaryl/α,β-unsaturated/α-hetero) is 1. The van der Waals surface area contributed by atoms with Crippen molar-refractivity contribution in [3.63, 3.8) is 0 Å². The van der Waals surface area contributed by atoms with Crippen molar-refractivity contribution in [2.24, 2.45) is 11.8 Å². The smallest absolute Gasteiger partial charge is 0.254 e. The Bertz CT molecular complexity index is 1350. The number of nitrogens with zero attached hydrogens (tertiary/aromatic N) is 4. The van der Waals surface area contributed by atoms with Crippen LogP contribution in [0.5, 0.6) is 0 Å². The second-order valence-corrected chi connectivity index (χ2v) is 10.3. The van der Waals surface area contributed by atoms with Gasteiger partial charge in [0.25, 0.3) is 5.91 Å². The summed E-state index contributed by atoms with van der Waals surface area (Å²) in [4.78, 5) is 39.1. The molecule has 0 spiro atoms. The molecule has 3 aromatic rings. The number of carbonyl (C=O) groups excluding carboxylic acids is 2. The number of anilines is 2. The second kappa shape index (κ2) is 9.57. The molecule has 3 aliphatic rings. The van der Waals surface area contributed by atoms with E-state index in [1.165, 1.54) is 6.07 Å². The number of rotatable bonds is 5. The molecule has 37 heavy (non-hydrogen) atoms. The number of piperidine rings is 1. The molecular weight excluding hydrogens is 469 g/mol. The maximum atomic E-state index is 13.9. The molecule has 1 aliphatic carbocycles. The molecule has 3 heterocycles. The first-order chi connectivity index (χ1) is 18.0. The van der Waals surface area contributed by atoms with E-state index in [2.05, 4.69) is 14.9 Å². The van der Waals surface area contributed by atoms with Crippen LogP contribution in [0.25, 0.3) is 11.1 Å². The zero-order valence-electron chi connectivity index (χ0n) is 20.7. The molecule has 6 rings (SSSR count). The Hall–Kier alpha value is -3.81. The van der Waals surface area contributed by atoms with Gasteiger partial charge in [0.2, 0.25) is 0 Å². The summed E-state index contributed by atoms with van der Waals surface area (Å²) in [5.74, 6) is 1.30. The van der Waals surface area contributed by atoms with Crippen molar-refractivity contribution in [3.8, 4) is 11.1 Å². The van der Waals surface area contributed by atoms with Crippen LogP contribution < -0.4 is 10.6 Å². The number of benzene rings is 2. The molecule has 2 N–H and O–H groups in total. The predicted octanol–water partition coefficient (Wildman–Crippen LogP) is 4.26. The number of hydrogen-bond acceptors (Lipinski definition) is 6. The summed E-state index contributed by atoms with van der Waals surface area (Å²) in [6.45, 7) is 2.62. The number of ketones is 1. The minimum absolute atomic E-state index is 0.0621. The van der Waals surface area contributed by atoms with Gasteiger partial charge in [-0.1, -0.05) is 24.3 Å². The minimum atomic E-state index is -0.457. The van der Waals surface area contributed by atoms with Gasteiger partial charge < -0.3 is 15.5 Å². The molecule has 0 atom stereocenters. The van der Waals surface area contributed by atoms with Gasteiger partial charge in [0.05, 0.1) is 17.9 Å². The molecular formula is C29H30FN5O2. The van der Waals surface area contributed by atoms with Crippen LogP contribution in [0, 0.1) is 17.7 Å². The first-order valence-electron chi connectivity index (χ1n) is 13.0. The molecule has 0 radical (unpaired) electrons. The summed E-state index contributed by atoms with van der Waals surface area (Å²) in [6.07, 6.45) is 6.13. The van der Waals surface area contributed by atoms with Gasteiger partial charge >= 0.3 is 0 Å². The van der Waals surface area contributed by atoms with Crippen molar-refractivity contribution in [2.75, 3.05) is 30.3 Å². The highest BCUT2D eigenvalue weighted by molar-refractivity contribution is 5.95. The largest absolute Gasteiger partial charge is 0.396 e. The highest BCUT2D eigenvalue weighted by atomic mass is 19.1. The fourth-order valence-electron chi connectivity index (χ4n) is 5.61. The average Bonchev–Trinajstić information content (AvgIpc) is 3.79. The summed E-state index contributed by atoms with van der Waals surface area (Å²) in [7, 11) is 0. The van der Waals surface area contributed by atoms with Crippen molar-refractivity contribution in [1.82, 2.24) is 14.9 Å². The van der Waals surface area contributed by atoms with E-state index in [1.54, 1.807) is 42.7 Å². The Kier molecular flexibility index (Phi) is 6.10. The zero-order valence-corrected chi connectivity index (χ0v) is 20.7. The number of para-hydroxylation sites is 1. The van der Waals surface area contributed by atoms with Crippen molar-refractivity contribution < 1.29 is 14.0 Å². The molecule has 0 bridgehead atoms. The van der Waals surface area contributed by atoms with E-state index in [-0.39, 0.29) is 17.5 Å². The van der Waals surface area contributed by atoms with E-state index in [9.17, 15) is 14.0 Å². The minimum Gasteiger partial charge on any atom is -0.396 e. The van der Waals surface area contributed by atoms with Crippen LogP contribution in [-0.4, -0.2) is 46.2 Å². The van der Waals surface area contributed by atoms with Crippen molar-refractivity contribution in [3.05, 3.63) is 71.4 Å². The number of nitrogens with two attached hydrogens (primary N) is 1.